The van der Waals surface area contributed by atoms with Gasteiger partial charge in [-0.2, -0.15) is 0 Å². The highest BCUT2D eigenvalue weighted by molar-refractivity contribution is 6.05. The summed E-state index contributed by atoms with van der Waals surface area (Å²) >= 11 is 0. The third-order valence-corrected chi connectivity index (χ3v) is 0. The Bertz CT molecular complexity index is 5.09. The lowest BCUT2D eigenvalue weighted by Gasteiger charge is -1.48. The molecule has 0 N–H and O–H groups in total. The molecular weight excluding hydrogens is 155 g/mol. The zero-order valence-electron chi connectivity index (χ0n) is 4.28. The Morgan fingerprint density at radius 2 is 0.538 bits per heavy atom. The maximum absolute atomic E-state index is 4.50. The van der Waals surface area contributed by atoms with Crippen molar-refractivity contribution >= 4 is 7.85 Å². The molecule has 94 valence electrons. The van der Waals surface area contributed by atoms with E-state index in [1.165, 1.54) is 13.2 Å². The molecule has 0 amide bonds. The van der Waals surface area contributed by atoms with E-state index in [2.05, 4.69) is 21.7 Å². The van der Waals surface area contributed by atoms with Crippen LogP contribution in [0.15, 0.2) is 0 Å². The van der Waals surface area contributed by atoms with E-state index in [1.807, 2.05) is 0 Å². The van der Waals surface area contributed by atoms with Gasteiger partial charge in [-0.3, -0.25) is 0 Å². The molecule has 0 unspecified atom stereocenters. The van der Waals surface area contributed by atoms with Crippen molar-refractivity contribution in [3.63, 3.8) is 0 Å². The van der Waals surface area contributed by atoms with Crippen LogP contribution in [-0.2, 0) is 0 Å². The summed E-state index contributed by atoms with van der Waals surface area (Å²) in [5, 5.41) is 0. The molecule has 0 spiro atoms. The van der Waals surface area contributed by atoms with Gasteiger partial charge in [-0.25, -0.2) is 0 Å². The average Bonchev–Trinajstić information content (AvgIpc) is 1.46. The molecule has 0 aromatic carbocycles. The van der Waals surface area contributed by atoms with Crippen molar-refractivity contribution in [2.75, 3.05) is 0 Å². The van der Waals surface area contributed by atoms with E-state index in [4.69, 9.17) is 0 Å². The zero-order chi connectivity index (χ0) is 4.71. The summed E-state index contributed by atoms with van der Waals surface area (Å²) in [6, 6.07) is 0. The lowest BCUT2D eigenvalue weighted by atomic mass is 10.2. The van der Waals surface area contributed by atoms with Crippen LogP contribution in [0.3, 0.4) is 0 Å². The third kappa shape index (κ3) is 290000. The molecular formula is C12H43B. The van der Waals surface area contributed by atoms with Gasteiger partial charge in [-0.05, 0) is 0 Å². The summed E-state index contributed by atoms with van der Waals surface area (Å²) in [4.78, 5) is 0. The fourth-order valence-electron chi connectivity index (χ4n) is 0. The number of rotatable bonds is 0. The van der Waals surface area contributed by atoms with E-state index >= 15 is 0 Å². The third-order valence-electron chi connectivity index (χ3n) is 0. The Labute approximate surface area is 95.0 Å². The molecule has 13 heavy (non-hydrogen) atoms. The van der Waals surface area contributed by atoms with Gasteiger partial charge in [0.2, 0.25) is 0 Å². The molecule has 0 bridgehead atoms. The van der Waals surface area contributed by atoms with Gasteiger partial charge >= 0.3 is 0 Å². The van der Waals surface area contributed by atoms with Gasteiger partial charge in [-0.15, -0.1) is 0 Å². The molecule has 0 aliphatic heterocycles. The van der Waals surface area contributed by atoms with Gasteiger partial charge in [0.25, 0.3) is 0 Å². The van der Waals surface area contributed by atoms with Gasteiger partial charge in [-0.1, -0.05) is 86.5 Å². The van der Waals surface area contributed by atoms with Crippen molar-refractivity contribution in [3.05, 3.63) is 0 Å². The summed E-state index contributed by atoms with van der Waals surface area (Å²) in [5.74, 6) is 0. The molecule has 0 saturated heterocycles. The van der Waals surface area contributed by atoms with Gasteiger partial charge in [0.1, 0.15) is 0 Å². The molecule has 0 heterocycles. The Kier molecular flexibility index (Phi) is 20300. The van der Waals surface area contributed by atoms with Crippen LogP contribution in [0.2, 0.25) is 6.82 Å². The van der Waals surface area contributed by atoms with E-state index in [1.54, 1.807) is 0 Å². The lowest BCUT2D eigenvalue weighted by Crippen LogP contribution is -1.27. The Morgan fingerprint density at radius 1 is 0.538 bits per heavy atom. The smallest absolute Gasteiger partial charge is 0.0606 e. The molecule has 0 nitrogen and oxygen atoms in total. The summed E-state index contributed by atoms with van der Waals surface area (Å²) in [6.45, 7) is 5.75. The van der Waals surface area contributed by atoms with Crippen LogP contribution in [0.4, 0.5) is 0 Å². The second kappa shape index (κ2) is 1300. The highest BCUT2D eigenvalue weighted by Crippen LogP contribution is 1.56. The summed E-state index contributed by atoms with van der Waals surface area (Å²) in [5.41, 5.74) is 0. The van der Waals surface area contributed by atoms with Crippen molar-refractivity contribution in [2.24, 2.45) is 0 Å². The first-order valence-corrected chi connectivity index (χ1v) is 1.99. The van der Waals surface area contributed by atoms with E-state index in [9.17, 15) is 0 Å². The van der Waals surface area contributed by atoms with Crippen LogP contribution in [0, 0.1) is 0 Å². The van der Waals surface area contributed by atoms with E-state index in [0.29, 0.717) is 0 Å². The minimum absolute atomic E-state index is 0. The first-order valence-electron chi connectivity index (χ1n) is 1.99. The fraction of sp³-hybridized carbons (Fsp3) is 1.00. The first kappa shape index (κ1) is 202. The molecule has 0 saturated carbocycles. The van der Waals surface area contributed by atoms with E-state index in [-0.39, 0.29) is 59.4 Å². The molecule has 1 heteroatoms. The van der Waals surface area contributed by atoms with Crippen molar-refractivity contribution in [3.8, 4) is 0 Å². The van der Waals surface area contributed by atoms with Gasteiger partial charge in [0.05, 0.1) is 7.85 Å². The highest BCUT2D eigenvalue weighted by atomic mass is 13.4. The standard InChI is InChI=1S/C3H8.CH3B.8CH4/c1-3-2;1-2;;;;;;;;/h3H2,1-2H3;1H3;8*1H4. The van der Waals surface area contributed by atoms with Gasteiger partial charge in [0, 0.05) is 0 Å². The second-order valence-electron chi connectivity index (χ2n) is 0.707. The van der Waals surface area contributed by atoms with Crippen molar-refractivity contribution < 1.29 is 0 Å². The maximum atomic E-state index is 4.50. The summed E-state index contributed by atoms with van der Waals surface area (Å²) < 4.78 is 0. The van der Waals surface area contributed by atoms with Crippen molar-refractivity contribution in [1.82, 2.24) is 0 Å². The van der Waals surface area contributed by atoms with Crippen LogP contribution in [0.25, 0.3) is 0 Å². The van der Waals surface area contributed by atoms with Crippen molar-refractivity contribution in [1.29, 1.82) is 0 Å². The first-order chi connectivity index (χ1) is 2.41. The lowest BCUT2D eigenvalue weighted by molar-refractivity contribution is 1.09. The SMILES string of the molecule is C.C.C.C.C.C.C.C.CCC.[B]C. The zero-order valence-corrected chi connectivity index (χ0v) is 4.28. The molecule has 0 aliphatic rings. The number of hydrogen-bond acceptors (Lipinski definition) is 0. The van der Waals surface area contributed by atoms with Crippen LogP contribution in [0.1, 0.15) is 79.7 Å². The topological polar surface area (TPSA) is 0 Å². The fourth-order valence-corrected chi connectivity index (χ4v) is 0. The normalized spacial score (nSPS) is 1.77. The Balaban J connectivity index is -0.00000000109. The maximum Gasteiger partial charge on any atom is 0.0606 e. The predicted molar refractivity (Wildman–Crippen MR) is 81.4 cm³/mol. The van der Waals surface area contributed by atoms with Crippen LogP contribution in [0.5, 0.6) is 0 Å². The minimum Gasteiger partial charge on any atom is -0.0999 e. The molecule has 2 radical (unpaired) electrons. The highest BCUT2D eigenvalue weighted by Gasteiger charge is 1.35. The molecule has 0 fully saturated rings. The predicted octanol–water partition coefficient (Wildman–Crippen LogP) is 6.71. The second-order valence-corrected chi connectivity index (χ2v) is 0.707. The van der Waals surface area contributed by atoms with E-state index < -0.39 is 0 Å². The molecule has 0 atom stereocenters. The van der Waals surface area contributed by atoms with Crippen molar-refractivity contribution in [2.45, 2.75) is 86.5 Å². The number of hydrogen-bond donors (Lipinski definition) is 0. The van der Waals surface area contributed by atoms with Gasteiger partial charge < -0.3 is 0 Å². The molecule has 0 aromatic heterocycles. The Hall–Kier alpha value is 0.0649. The van der Waals surface area contributed by atoms with Gasteiger partial charge in [0.15, 0.2) is 0 Å². The monoisotopic (exact) mass is 198 g/mol. The minimum atomic E-state index is 0. The average molecular weight is 198 g/mol. The molecule has 0 aliphatic carbocycles. The summed E-state index contributed by atoms with van der Waals surface area (Å²) in [7, 11) is 4.50. The Morgan fingerprint density at radius 3 is 0.538 bits per heavy atom. The van der Waals surface area contributed by atoms with E-state index in [0.717, 1.165) is 0 Å². The largest absolute Gasteiger partial charge is 0.0999 e. The molecule has 0 rings (SSSR count). The van der Waals surface area contributed by atoms with Crippen LogP contribution in [-0.4, -0.2) is 7.85 Å². The van der Waals surface area contributed by atoms with Crippen LogP contribution < -0.4 is 0 Å². The van der Waals surface area contributed by atoms with Crippen LogP contribution >= 0.6 is 0 Å². The molecule has 0 aromatic rings. The quantitative estimate of drug-likeness (QED) is 0.379. The summed E-state index contributed by atoms with van der Waals surface area (Å²) in [6.07, 6.45) is 1.25.